The molecule has 0 aliphatic heterocycles. The Morgan fingerprint density at radius 2 is 2.15 bits per heavy atom. The van der Waals surface area contributed by atoms with Crippen molar-refractivity contribution in [3.63, 3.8) is 0 Å². The number of nitrogens with zero attached hydrogens (tertiary/aromatic N) is 3. The molecule has 8 heteroatoms. The number of carbonyl (C=O) groups excluding carboxylic acids is 1. The Morgan fingerprint density at radius 3 is 2.85 bits per heavy atom. The van der Waals surface area contributed by atoms with Crippen LogP contribution < -0.4 is 5.56 Å². The first-order valence-corrected chi connectivity index (χ1v) is 7.14. The maximum Gasteiger partial charge on any atom is 0.276 e. The van der Waals surface area contributed by atoms with Crippen LogP contribution in [0.4, 0.5) is 0 Å². The van der Waals surface area contributed by atoms with Gasteiger partial charge in [0, 0.05) is 12.4 Å². The zero-order valence-corrected chi connectivity index (χ0v) is 12.2. The minimum absolute atomic E-state index is 0.0900. The molecule has 0 bridgehead atoms. The first-order chi connectivity index (χ1) is 9.56. The van der Waals surface area contributed by atoms with Crippen LogP contribution in [-0.2, 0) is 6.54 Å². The quantitative estimate of drug-likeness (QED) is 0.695. The molecule has 0 fully saturated rings. The van der Waals surface area contributed by atoms with Crippen LogP contribution in [0.3, 0.4) is 0 Å². The Labute approximate surface area is 127 Å². The van der Waals surface area contributed by atoms with Gasteiger partial charge in [-0.2, -0.15) is 5.10 Å². The second kappa shape index (κ2) is 5.05. The highest BCUT2D eigenvalue weighted by molar-refractivity contribution is 7.20. The summed E-state index contributed by atoms with van der Waals surface area (Å²) in [6, 6.07) is 3.11. The molecule has 0 aliphatic rings. The Bertz CT molecular complexity index is 865. The van der Waals surface area contributed by atoms with E-state index in [1.54, 1.807) is 12.3 Å². The molecular weight excluding hydrogens is 321 g/mol. The van der Waals surface area contributed by atoms with E-state index in [0.717, 1.165) is 11.3 Å². The van der Waals surface area contributed by atoms with E-state index in [4.69, 9.17) is 23.2 Å². The zero-order valence-electron chi connectivity index (χ0n) is 9.92. The van der Waals surface area contributed by atoms with E-state index in [9.17, 15) is 9.59 Å². The van der Waals surface area contributed by atoms with E-state index in [1.807, 2.05) is 0 Å². The molecule has 0 N–H and O–H groups in total. The third-order valence-corrected chi connectivity index (χ3v) is 4.30. The zero-order chi connectivity index (χ0) is 14.3. The largest absolute Gasteiger partial charge is 0.304 e. The molecule has 0 amide bonds. The molecule has 0 aliphatic carbocycles. The highest BCUT2D eigenvalue weighted by atomic mass is 35.5. The number of carbonyl (C=O) groups is 1. The van der Waals surface area contributed by atoms with E-state index in [2.05, 4.69) is 5.10 Å². The van der Waals surface area contributed by atoms with Gasteiger partial charge < -0.3 is 4.57 Å². The van der Waals surface area contributed by atoms with Crippen molar-refractivity contribution < 1.29 is 4.79 Å². The first-order valence-electron chi connectivity index (χ1n) is 5.57. The molecule has 3 heterocycles. The summed E-state index contributed by atoms with van der Waals surface area (Å²) in [7, 11) is 0. The fourth-order valence-electron chi connectivity index (χ4n) is 1.86. The molecule has 3 aromatic rings. The summed E-state index contributed by atoms with van der Waals surface area (Å²) in [6.07, 6.45) is 4.66. The number of fused-ring (bicyclic) bond motifs is 1. The average molecular weight is 328 g/mol. The van der Waals surface area contributed by atoms with E-state index < -0.39 is 0 Å². The number of halogens is 2. The van der Waals surface area contributed by atoms with Crippen molar-refractivity contribution in [1.29, 1.82) is 0 Å². The van der Waals surface area contributed by atoms with Gasteiger partial charge in [-0.05, 0) is 12.1 Å². The molecule has 3 aromatic heterocycles. The lowest BCUT2D eigenvalue weighted by Crippen LogP contribution is -2.25. The van der Waals surface area contributed by atoms with Gasteiger partial charge in [-0.15, -0.1) is 11.3 Å². The van der Waals surface area contributed by atoms with Crippen molar-refractivity contribution in [2.24, 2.45) is 0 Å². The lowest BCUT2D eigenvalue weighted by Gasteiger charge is -2.04. The van der Waals surface area contributed by atoms with Crippen LogP contribution in [0.5, 0.6) is 0 Å². The van der Waals surface area contributed by atoms with Crippen LogP contribution in [0.2, 0.25) is 8.67 Å². The van der Waals surface area contributed by atoms with E-state index >= 15 is 0 Å². The van der Waals surface area contributed by atoms with Crippen LogP contribution in [0.1, 0.15) is 10.4 Å². The van der Waals surface area contributed by atoms with Crippen molar-refractivity contribution in [2.45, 2.75) is 6.54 Å². The highest BCUT2D eigenvalue weighted by Gasteiger charge is 2.15. The van der Waals surface area contributed by atoms with Crippen LogP contribution in [0.25, 0.3) is 5.52 Å². The monoisotopic (exact) mass is 327 g/mol. The lowest BCUT2D eigenvalue weighted by atomic mass is 10.2. The molecule has 0 radical (unpaired) electrons. The molecule has 0 atom stereocenters. The summed E-state index contributed by atoms with van der Waals surface area (Å²) >= 11 is 12.9. The summed E-state index contributed by atoms with van der Waals surface area (Å²) in [5, 5.41) is 3.96. The Kier molecular flexibility index (Phi) is 3.37. The van der Waals surface area contributed by atoms with Gasteiger partial charge in [0.2, 0.25) is 0 Å². The standard InChI is InChI=1S/C12H7Cl2N3O2S/c13-10-5-7(11(14)20-10)9(18)6-16-3-4-17-8(12(16)19)1-2-15-17/h1-5H,6H2. The number of aromatic nitrogens is 3. The summed E-state index contributed by atoms with van der Waals surface area (Å²) in [4.78, 5) is 24.3. The molecule has 0 spiro atoms. The molecule has 5 nitrogen and oxygen atoms in total. The van der Waals surface area contributed by atoms with Gasteiger partial charge in [0.25, 0.3) is 5.56 Å². The Morgan fingerprint density at radius 1 is 1.35 bits per heavy atom. The summed E-state index contributed by atoms with van der Waals surface area (Å²) in [6.45, 7) is -0.0900. The SMILES string of the molecule is O=C(Cn1ccn2nccc2c1=O)c1cc(Cl)sc1Cl. The van der Waals surface area contributed by atoms with Crippen molar-refractivity contribution in [3.05, 3.63) is 55.3 Å². The minimum atomic E-state index is -0.282. The first kappa shape index (κ1) is 13.4. The maximum atomic E-state index is 12.2. The van der Waals surface area contributed by atoms with E-state index in [0.29, 0.717) is 19.8 Å². The van der Waals surface area contributed by atoms with Gasteiger partial charge in [-0.25, -0.2) is 4.52 Å². The molecule has 102 valence electrons. The fourth-order valence-corrected chi connectivity index (χ4v) is 3.35. The summed E-state index contributed by atoms with van der Waals surface area (Å²) < 4.78 is 3.55. The van der Waals surface area contributed by atoms with Gasteiger partial charge in [-0.1, -0.05) is 23.2 Å². The Balaban J connectivity index is 1.97. The smallest absolute Gasteiger partial charge is 0.276 e. The predicted molar refractivity (Wildman–Crippen MR) is 78.1 cm³/mol. The average Bonchev–Trinajstić information content (AvgIpc) is 2.99. The van der Waals surface area contributed by atoms with Gasteiger partial charge >= 0.3 is 0 Å². The molecule has 3 rings (SSSR count). The third kappa shape index (κ3) is 2.26. The minimum Gasteiger partial charge on any atom is -0.304 e. The molecule has 0 saturated carbocycles. The van der Waals surface area contributed by atoms with Gasteiger partial charge in [-0.3, -0.25) is 9.59 Å². The molecule has 20 heavy (non-hydrogen) atoms. The molecule has 0 saturated heterocycles. The Hall–Kier alpha value is -1.63. The summed E-state index contributed by atoms with van der Waals surface area (Å²) in [5.41, 5.74) is 0.465. The highest BCUT2D eigenvalue weighted by Crippen LogP contribution is 2.31. The molecular formula is C12H7Cl2N3O2S. The maximum absolute atomic E-state index is 12.2. The second-order valence-electron chi connectivity index (χ2n) is 4.05. The third-order valence-electron chi connectivity index (χ3n) is 2.81. The van der Waals surface area contributed by atoms with Crippen molar-refractivity contribution in [2.75, 3.05) is 0 Å². The predicted octanol–water partition coefficient (Wildman–Crippen LogP) is 2.75. The van der Waals surface area contributed by atoms with Crippen LogP contribution >= 0.6 is 34.5 Å². The van der Waals surface area contributed by atoms with Crippen molar-refractivity contribution >= 4 is 45.8 Å². The van der Waals surface area contributed by atoms with Crippen molar-refractivity contribution in [1.82, 2.24) is 14.2 Å². The number of hydrogen-bond acceptors (Lipinski definition) is 4. The van der Waals surface area contributed by atoms with E-state index in [-0.39, 0.29) is 17.9 Å². The van der Waals surface area contributed by atoms with Crippen LogP contribution in [0, 0.1) is 0 Å². The van der Waals surface area contributed by atoms with Crippen LogP contribution in [0.15, 0.2) is 35.5 Å². The van der Waals surface area contributed by atoms with Gasteiger partial charge in [0.05, 0.1) is 22.6 Å². The number of rotatable bonds is 3. The molecule has 0 aromatic carbocycles. The van der Waals surface area contributed by atoms with E-state index in [1.165, 1.54) is 27.5 Å². The van der Waals surface area contributed by atoms with Crippen molar-refractivity contribution in [3.8, 4) is 0 Å². The lowest BCUT2D eigenvalue weighted by molar-refractivity contribution is 0.0971. The normalized spacial score (nSPS) is 11.1. The summed E-state index contributed by atoms with van der Waals surface area (Å²) in [5.74, 6) is -0.260. The number of hydrogen-bond donors (Lipinski definition) is 0. The topological polar surface area (TPSA) is 56.4 Å². The number of Topliss-reactive ketones (excluding diaryl/α,β-unsaturated/α-hetero) is 1. The second-order valence-corrected chi connectivity index (χ2v) is 6.34. The van der Waals surface area contributed by atoms with Gasteiger partial charge in [0.15, 0.2) is 5.78 Å². The number of thiophene rings is 1. The fraction of sp³-hybridized carbons (Fsp3) is 0.0833. The van der Waals surface area contributed by atoms with Gasteiger partial charge in [0.1, 0.15) is 9.85 Å². The number of ketones is 1. The van der Waals surface area contributed by atoms with Crippen LogP contribution in [-0.4, -0.2) is 20.0 Å². The molecule has 0 unspecified atom stereocenters.